The normalized spacial score (nSPS) is 17.9. The van der Waals surface area contributed by atoms with Gasteiger partial charge < -0.3 is 4.90 Å². The van der Waals surface area contributed by atoms with Crippen molar-refractivity contribution in [3.05, 3.63) is 53.1 Å². The lowest BCUT2D eigenvalue weighted by Gasteiger charge is -2.16. The number of carbonyl (C=O) groups is 1. The summed E-state index contributed by atoms with van der Waals surface area (Å²) in [5, 5.41) is 4.64. The lowest BCUT2D eigenvalue weighted by Crippen LogP contribution is -2.29. The van der Waals surface area contributed by atoms with Crippen LogP contribution >= 0.6 is 11.6 Å². The second kappa shape index (κ2) is 6.48. The highest BCUT2D eigenvalue weighted by atomic mass is 35.5. The van der Waals surface area contributed by atoms with Gasteiger partial charge in [-0.2, -0.15) is 5.10 Å². The zero-order valence-corrected chi connectivity index (χ0v) is 12.8. The molecule has 1 aliphatic heterocycles. The summed E-state index contributed by atoms with van der Waals surface area (Å²) in [5.41, 5.74) is 1.09. The van der Waals surface area contributed by atoms with Crippen LogP contribution in [0.1, 0.15) is 24.3 Å². The minimum Gasteiger partial charge on any atom is -0.342 e. The van der Waals surface area contributed by atoms with Crippen LogP contribution in [0.4, 0.5) is 4.39 Å². The van der Waals surface area contributed by atoms with Crippen molar-refractivity contribution in [1.29, 1.82) is 0 Å². The van der Waals surface area contributed by atoms with E-state index < -0.39 is 0 Å². The van der Waals surface area contributed by atoms with Crippen LogP contribution in [0, 0.1) is 5.82 Å². The number of benzene rings is 1. The molecule has 22 heavy (non-hydrogen) atoms. The molecule has 3 rings (SSSR count). The van der Waals surface area contributed by atoms with Crippen molar-refractivity contribution >= 4 is 17.5 Å². The average Bonchev–Trinajstić information content (AvgIpc) is 3.15. The van der Waals surface area contributed by atoms with Gasteiger partial charge in [0.1, 0.15) is 5.82 Å². The fraction of sp³-hybridized carbons (Fsp3) is 0.375. The second-order valence-corrected chi connectivity index (χ2v) is 5.98. The number of aromatic nitrogens is 2. The summed E-state index contributed by atoms with van der Waals surface area (Å²) < 4.78 is 14.6. The molecule has 0 radical (unpaired) electrons. The van der Waals surface area contributed by atoms with Crippen LogP contribution < -0.4 is 0 Å². The van der Waals surface area contributed by atoms with Gasteiger partial charge >= 0.3 is 0 Å². The molecular formula is C16H17ClFN3O. The van der Waals surface area contributed by atoms with Gasteiger partial charge in [-0.05, 0) is 24.1 Å². The van der Waals surface area contributed by atoms with Crippen LogP contribution in [0.2, 0.25) is 5.02 Å². The van der Waals surface area contributed by atoms with Gasteiger partial charge in [0.15, 0.2) is 0 Å². The molecule has 6 heteroatoms. The molecule has 1 saturated heterocycles. The largest absolute Gasteiger partial charge is 0.342 e. The van der Waals surface area contributed by atoms with Gasteiger partial charge in [0.25, 0.3) is 0 Å². The molecule has 1 unspecified atom stereocenters. The molecule has 1 fully saturated rings. The number of halogens is 2. The van der Waals surface area contributed by atoms with Crippen molar-refractivity contribution < 1.29 is 9.18 Å². The van der Waals surface area contributed by atoms with E-state index in [1.807, 2.05) is 4.90 Å². The molecule has 2 aromatic rings. The number of carbonyl (C=O) groups excluding carboxylic acids is 1. The van der Waals surface area contributed by atoms with Crippen molar-refractivity contribution in [2.24, 2.45) is 0 Å². The van der Waals surface area contributed by atoms with Gasteiger partial charge in [-0.1, -0.05) is 23.7 Å². The van der Waals surface area contributed by atoms with Crippen molar-refractivity contribution in [3.8, 4) is 0 Å². The van der Waals surface area contributed by atoms with Gasteiger partial charge in [0.05, 0.1) is 11.2 Å². The van der Waals surface area contributed by atoms with Gasteiger partial charge in [-0.25, -0.2) is 4.39 Å². The van der Waals surface area contributed by atoms with E-state index in [0.29, 0.717) is 30.5 Å². The van der Waals surface area contributed by atoms with E-state index in [9.17, 15) is 9.18 Å². The molecular weight excluding hydrogens is 305 g/mol. The summed E-state index contributed by atoms with van der Waals surface area (Å²) in [5.74, 6) is 0.187. The maximum Gasteiger partial charge on any atom is 0.224 e. The Hall–Kier alpha value is -1.88. The highest BCUT2D eigenvalue weighted by Crippen LogP contribution is 2.27. The van der Waals surface area contributed by atoms with Crippen molar-refractivity contribution in [1.82, 2.24) is 14.7 Å². The Morgan fingerprint density at radius 3 is 2.82 bits per heavy atom. The van der Waals surface area contributed by atoms with E-state index in [4.69, 9.17) is 11.6 Å². The van der Waals surface area contributed by atoms with Gasteiger partial charge in [-0.15, -0.1) is 0 Å². The maximum atomic E-state index is 13.0. The second-order valence-electron chi connectivity index (χ2n) is 5.55. The quantitative estimate of drug-likeness (QED) is 0.868. The first-order valence-corrected chi connectivity index (χ1v) is 7.71. The fourth-order valence-corrected chi connectivity index (χ4v) is 2.98. The molecule has 1 aromatic carbocycles. The summed E-state index contributed by atoms with van der Waals surface area (Å²) in [4.78, 5) is 14.1. The first kappa shape index (κ1) is 15.0. The van der Waals surface area contributed by atoms with Crippen LogP contribution in [-0.4, -0.2) is 33.7 Å². The molecule has 1 aromatic heterocycles. The van der Waals surface area contributed by atoms with Crippen molar-refractivity contribution in [2.45, 2.75) is 25.3 Å². The van der Waals surface area contributed by atoms with Crippen LogP contribution in [0.15, 0.2) is 36.7 Å². The summed E-state index contributed by atoms with van der Waals surface area (Å²) in [7, 11) is 0. The van der Waals surface area contributed by atoms with Crippen molar-refractivity contribution in [3.63, 3.8) is 0 Å². The molecule has 1 atom stereocenters. The summed E-state index contributed by atoms with van der Waals surface area (Å²) >= 11 is 5.80. The first-order valence-electron chi connectivity index (χ1n) is 7.33. The number of amides is 1. The van der Waals surface area contributed by atoms with Crippen LogP contribution in [0.3, 0.4) is 0 Å². The third kappa shape index (κ3) is 3.47. The number of nitrogens with zero attached hydrogens (tertiary/aromatic N) is 3. The number of rotatable bonds is 4. The maximum absolute atomic E-state index is 13.0. The Labute approximate surface area is 133 Å². The molecule has 0 saturated carbocycles. The number of hydrogen-bond donors (Lipinski definition) is 0. The van der Waals surface area contributed by atoms with E-state index in [-0.39, 0.29) is 11.7 Å². The zero-order chi connectivity index (χ0) is 15.5. The Bertz CT molecular complexity index is 656. The minimum absolute atomic E-state index is 0.122. The molecule has 116 valence electrons. The van der Waals surface area contributed by atoms with E-state index in [2.05, 4.69) is 5.10 Å². The molecule has 2 heterocycles. The average molecular weight is 322 g/mol. The number of aryl methyl sites for hydroxylation is 1. The van der Waals surface area contributed by atoms with E-state index in [1.165, 1.54) is 12.1 Å². The Balaban J connectivity index is 1.53. The highest BCUT2D eigenvalue weighted by molar-refractivity contribution is 6.30. The summed E-state index contributed by atoms with van der Waals surface area (Å²) in [6.45, 7) is 1.98. The Morgan fingerprint density at radius 2 is 2.14 bits per heavy atom. The van der Waals surface area contributed by atoms with Gasteiger partial charge in [0.2, 0.25) is 5.91 Å². The smallest absolute Gasteiger partial charge is 0.224 e. The Morgan fingerprint density at radius 1 is 1.36 bits per heavy atom. The minimum atomic E-state index is -0.229. The van der Waals surface area contributed by atoms with E-state index in [1.54, 1.807) is 29.2 Å². The SMILES string of the molecule is O=C(CCn1cc(Cl)cn1)N1CCC(c2ccc(F)cc2)C1. The molecule has 1 amide bonds. The molecule has 0 spiro atoms. The molecule has 0 aliphatic carbocycles. The summed E-state index contributed by atoms with van der Waals surface area (Å²) in [6.07, 6.45) is 4.60. The van der Waals surface area contributed by atoms with Crippen molar-refractivity contribution in [2.75, 3.05) is 13.1 Å². The third-order valence-corrected chi connectivity index (χ3v) is 4.23. The third-order valence-electron chi connectivity index (χ3n) is 4.04. The van der Waals surface area contributed by atoms with E-state index in [0.717, 1.165) is 18.5 Å². The monoisotopic (exact) mass is 321 g/mol. The van der Waals surface area contributed by atoms with Crippen LogP contribution in [-0.2, 0) is 11.3 Å². The van der Waals surface area contributed by atoms with Crippen LogP contribution in [0.5, 0.6) is 0 Å². The summed E-state index contributed by atoms with van der Waals surface area (Å²) in [6, 6.07) is 6.56. The predicted octanol–water partition coefficient (Wildman–Crippen LogP) is 3.08. The topological polar surface area (TPSA) is 38.1 Å². The number of hydrogen-bond acceptors (Lipinski definition) is 2. The molecule has 4 nitrogen and oxygen atoms in total. The predicted molar refractivity (Wildman–Crippen MR) is 82.2 cm³/mol. The fourth-order valence-electron chi connectivity index (χ4n) is 2.82. The standard InChI is InChI=1S/C16H17ClFN3O/c17-14-9-19-21(11-14)8-6-16(22)20-7-5-13(10-20)12-1-3-15(18)4-2-12/h1-4,9,11,13H,5-8,10H2. The number of likely N-dealkylation sites (tertiary alicyclic amines) is 1. The van der Waals surface area contributed by atoms with E-state index >= 15 is 0 Å². The highest BCUT2D eigenvalue weighted by Gasteiger charge is 2.27. The first-order chi connectivity index (χ1) is 10.6. The lowest BCUT2D eigenvalue weighted by atomic mass is 9.99. The molecule has 1 aliphatic rings. The Kier molecular flexibility index (Phi) is 4.43. The molecule has 0 bridgehead atoms. The molecule has 0 N–H and O–H groups in total. The van der Waals surface area contributed by atoms with Gasteiger partial charge in [0, 0.05) is 38.2 Å². The van der Waals surface area contributed by atoms with Gasteiger partial charge in [-0.3, -0.25) is 9.48 Å². The van der Waals surface area contributed by atoms with Crippen LogP contribution in [0.25, 0.3) is 0 Å². The lowest BCUT2D eigenvalue weighted by molar-refractivity contribution is -0.130. The zero-order valence-electron chi connectivity index (χ0n) is 12.1.